The lowest BCUT2D eigenvalue weighted by molar-refractivity contribution is -0.138. The van der Waals surface area contributed by atoms with E-state index in [9.17, 15) is 4.79 Å². The highest BCUT2D eigenvalue weighted by atomic mass is 35.5. The summed E-state index contributed by atoms with van der Waals surface area (Å²) < 4.78 is 9.74. The number of methoxy groups -OCH3 is 1. The number of nitrogens with zero attached hydrogens (tertiary/aromatic N) is 1. The van der Waals surface area contributed by atoms with E-state index in [1.54, 1.807) is 31.2 Å². The molecule has 100 valence electrons. The number of carbonyl (C=O) groups excluding carboxylic acids is 1. The highest BCUT2D eigenvalue weighted by Crippen LogP contribution is 2.27. The van der Waals surface area contributed by atoms with Crippen molar-refractivity contribution in [3.05, 3.63) is 35.0 Å². The van der Waals surface area contributed by atoms with Crippen LogP contribution in [0.15, 0.2) is 30.0 Å². The van der Waals surface area contributed by atoms with Gasteiger partial charge in [0.15, 0.2) is 5.57 Å². The number of halogens is 1. The van der Waals surface area contributed by atoms with Gasteiger partial charge in [0.1, 0.15) is 11.8 Å². The van der Waals surface area contributed by atoms with Crippen LogP contribution in [0.25, 0.3) is 0 Å². The van der Waals surface area contributed by atoms with Crippen LogP contribution in [0.4, 0.5) is 5.69 Å². The Morgan fingerprint density at radius 1 is 1.58 bits per heavy atom. The SMILES string of the molecule is CCOC(=O)/C(C#N)=C\Nc1ccc(OC)c(Cl)c1. The van der Waals surface area contributed by atoms with Gasteiger partial charge in [0.25, 0.3) is 0 Å². The number of hydrogen-bond donors (Lipinski definition) is 1. The van der Waals surface area contributed by atoms with Gasteiger partial charge < -0.3 is 14.8 Å². The van der Waals surface area contributed by atoms with Crippen LogP contribution in [0, 0.1) is 11.3 Å². The van der Waals surface area contributed by atoms with Crippen molar-refractivity contribution in [1.29, 1.82) is 5.26 Å². The molecule has 0 aliphatic rings. The Labute approximate surface area is 116 Å². The first-order chi connectivity index (χ1) is 9.12. The summed E-state index contributed by atoms with van der Waals surface area (Å²) in [5, 5.41) is 12.1. The first-order valence-corrected chi connectivity index (χ1v) is 5.87. The van der Waals surface area contributed by atoms with Crippen LogP contribution in [0.2, 0.25) is 5.02 Å². The van der Waals surface area contributed by atoms with Crippen molar-refractivity contribution in [3.63, 3.8) is 0 Å². The van der Waals surface area contributed by atoms with Crippen LogP contribution in [0.1, 0.15) is 6.92 Å². The number of benzene rings is 1. The van der Waals surface area contributed by atoms with Crippen molar-refractivity contribution in [3.8, 4) is 11.8 Å². The molecule has 0 bridgehead atoms. The maximum Gasteiger partial charge on any atom is 0.350 e. The maximum atomic E-state index is 11.4. The normalized spacial score (nSPS) is 10.5. The summed E-state index contributed by atoms with van der Waals surface area (Å²) in [7, 11) is 1.52. The third-order valence-corrected chi connectivity index (χ3v) is 2.45. The first-order valence-electron chi connectivity index (χ1n) is 5.49. The van der Waals surface area contributed by atoms with E-state index >= 15 is 0 Å². The summed E-state index contributed by atoms with van der Waals surface area (Å²) in [6, 6.07) is 6.77. The van der Waals surface area contributed by atoms with Gasteiger partial charge in [-0.3, -0.25) is 0 Å². The number of carbonyl (C=O) groups is 1. The Bertz CT molecular complexity index is 535. The summed E-state index contributed by atoms with van der Waals surface area (Å²) in [5.74, 6) is -0.126. The zero-order valence-electron chi connectivity index (χ0n) is 10.6. The van der Waals surface area contributed by atoms with Crippen molar-refractivity contribution >= 4 is 23.3 Å². The molecule has 0 fully saturated rings. The predicted molar refractivity (Wildman–Crippen MR) is 72.0 cm³/mol. The van der Waals surface area contributed by atoms with Gasteiger partial charge in [0, 0.05) is 11.9 Å². The molecular formula is C13H13ClN2O3. The molecule has 0 amide bonds. The number of esters is 1. The molecule has 0 spiro atoms. The summed E-state index contributed by atoms with van der Waals surface area (Å²) >= 11 is 5.95. The van der Waals surface area contributed by atoms with Crippen molar-refractivity contribution in [1.82, 2.24) is 0 Å². The zero-order valence-corrected chi connectivity index (χ0v) is 11.3. The fourth-order valence-electron chi connectivity index (χ4n) is 1.26. The van der Waals surface area contributed by atoms with Gasteiger partial charge in [-0.2, -0.15) is 5.26 Å². The highest BCUT2D eigenvalue weighted by Gasteiger charge is 2.09. The molecular weight excluding hydrogens is 268 g/mol. The van der Waals surface area contributed by atoms with Crippen LogP contribution < -0.4 is 10.1 Å². The minimum absolute atomic E-state index is 0.117. The van der Waals surface area contributed by atoms with Crippen molar-refractivity contribution in [2.24, 2.45) is 0 Å². The van der Waals surface area contributed by atoms with Crippen molar-refractivity contribution in [2.45, 2.75) is 6.92 Å². The van der Waals surface area contributed by atoms with Crippen LogP contribution in [0.5, 0.6) is 5.75 Å². The average Bonchev–Trinajstić information content (AvgIpc) is 2.40. The predicted octanol–water partition coefficient (Wildman–Crippen LogP) is 2.73. The largest absolute Gasteiger partial charge is 0.495 e. The van der Waals surface area contributed by atoms with E-state index in [2.05, 4.69) is 5.32 Å². The third kappa shape index (κ3) is 4.19. The van der Waals surface area contributed by atoms with E-state index < -0.39 is 5.97 Å². The number of anilines is 1. The molecule has 1 N–H and O–H groups in total. The van der Waals surface area contributed by atoms with E-state index in [0.29, 0.717) is 16.5 Å². The minimum atomic E-state index is -0.669. The van der Waals surface area contributed by atoms with Crippen LogP contribution in [0.3, 0.4) is 0 Å². The van der Waals surface area contributed by atoms with Gasteiger partial charge >= 0.3 is 5.97 Å². The second-order valence-corrected chi connectivity index (χ2v) is 3.79. The molecule has 0 atom stereocenters. The molecule has 1 rings (SSSR count). The van der Waals surface area contributed by atoms with Crippen LogP contribution >= 0.6 is 11.6 Å². The minimum Gasteiger partial charge on any atom is -0.495 e. The lowest BCUT2D eigenvalue weighted by atomic mass is 10.3. The lowest BCUT2D eigenvalue weighted by Crippen LogP contribution is -2.07. The smallest absolute Gasteiger partial charge is 0.350 e. The molecule has 6 heteroatoms. The Kier molecular flexibility index (Phi) is 5.71. The Hall–Kier alpha value is -2.19. The zero-order chi connectivity index (χ0) is 14.3. The standard InChI is InChI=1S/C13H13ClN2O3/c1-3-19-13(17)9(7-15)8-16-10-4-5-12(18-2)11(14)6-10/h4-6,8,16H,3H2,1-2H3/b9-8-. The number of ether oxygens (including phenoxy) is 2. The van der Waals surface area contributed by atoms with Gasteiger partial charge in [-0.25, -0.2) is 4.79 Å². The summed E-state index contributed by atoms with van der Waals surface area (Å²) in [4.78, 5) is 11.4. The maximum absolute atomic E-state index is 11.4. The van der Waals surface area contributed by atoms with Crippen molar-refractivity contribution < 1.29 is 14.3 Å². The summed E-state index contributed by atoms with van der Waals surface area (Å²) in [6.45, 7) is 1.88. The average molecular weight is 281 g/mol. The molecule has 0 aliphatic carbocycles. The van der Waals surface area contributed by atoms with E-state index in [1.165, 1.54) is 13.3 Å². The Morgan fingerprint density at radius 3 is 2.84 bits per heavy atom. The van der Waals surface area contributed by atoms with Gasteiger partial charge in [-0.05, 0) is 25.1 Å². The Balaban J connectivity index is 2.82. The number of hydrogen-bond acceptors (Lipinski definition) is 5. The molecule has 0 heterocycles. The molecule has 19 heavy (non-hydrogen) atoms. The molecule has 0 unspecified atom stereocenters. The second kappa shape index (κ2) is 7.29. The van der Waals surface area contributed by atoms with E-state index in [-0.39, 0.29) is 12.2 Å². The lowest BCUT2D eigenvalue weighted by Gasteiger charge is -2.06. The monoisotopic (exact) mass is 280 g/mol. The third-order valence-electron chi connectivity index (χ3n) is 2.15. The summed E-state index contributed by atoms with van der Waals surface area (Å²) in [5.41, 5.74) is 0.511. The molecule has 1 aromatic carbocycles. The molecule has 0 radical (unpaired) electrons. The number of nitriles is 1. The van der Waals surface area contributed by atoms with Gasteiger partial charge in [-0.15, -0.1) is 0 Å². The van der Waals surface area contributed by atoms with E-state index in [4.69, 9.17) is 26.3 Å². The quantitative estimate of drug-likeness (QED) is 0.510. The van der Waals surface area contributed by atoms with Gasteiger partial charge in [0.05, 0.1) is 18.7 Å². The Morgan fingerprint density at radius 2 is 2.32 bits per heavy atom. The van der Waals surface area contributed by atoms with Gasteiger partial charge in [0.2, 0.25) is 0 Å². The fraction of sp³-hybridized carbons (Fsp3) is 0.231. The highest BCUT2D eigenvalue weighted by molar-refractivity contribution is 6.32. The molecule has 0 aromatic heterocycles. The molecule has 0 aliphatic heterocycles. The number of nitrogens with one attached hydrogen (secondary N) is 1. The van der Waals surface area contributed by atoms with Gasteiger partial charge in [-0.1, -0.05) is 11.6 Å². The summed E-state index contributed by atoms with van der Waals surface area (Å²) in [6.07, 6.45) is 1.27. The molecule has 5 nitrogen and oxygen atoms in total. The molecule has 0 saturated carbocycles. The van der Waals surface area contributed by atoms with Crippen LogP contribution in [-0.4, -0.2) is 19.7 Å². The molecule has 0 saturated heterocycles. The molecule has 1 aromatic rings. The van der Waals surface area contributed by atoms with E-state index in [0.717, 1.165) is 0 Å². The topological polar surface area (TPSA) is 71.4 Å². The fourth-order valence-corrected chi connectivity index (χ4v) is 1.52. The number of rotatable bonds is 5. The van der Waals surface area contributed by atoms with Crippen LogP contribution in [-0.2, 0) is 9.53 Å². The second-order valence-electron chi connectivity index (χ2n) is 3.38. The van der Waals surface area contributed by atoms with E-state index in [1.807, 2.05) is 0 Å². The van der Waals surface area contributed by atoms with Crippen molar-refractivity contribution in [2.75, 3.05) is 19.0 Å². The first kappa shape index (κ1) is 14.9.